The smallest absolute Gasteiger partial charge is 0.255 e. The second-order valence-corrected chi connectivity index (χ2v) is 6.01. The summed E-state index contributed by atoms with van der Waals surface area (Å²) in [6, 6.07) is 1.83. The van der Waals surface area contributed by atoms with Crippen molar-refractivity contribution in [3.05, 3.63) is 24.0 Å². The SMILES string of the molecule is CN(CC1CC1)C[C@@H]1CN(C(=O)c2cc[nH]c2)CCO1. The van der Waals surface area contributed by atoms with Crippen molar-refractivity contribution in [3.8, 4) is 0 Å². The van der Waals surface area contributed by atoms with Crippen LogP contribution in [-0.2, 0) is 4.74 Å². The van der Waals surface area contributed by atoms with E-state index in [1.165, 1.54) is 12.8 Å². The summed E-state index contributed by atoms with van der Waals surface area (Å²) < 4.78 is 5.80. The molecule has 110 valence electrons. The normalized spacial score (nSPS) is 23.3. The van der Waals surface area contributed by atoms with Crippen LogP contribution in [0.15, 0.2) is 18.5 Å². The number of aromatic nitrogens is 1. The average molecular weight is 277 g/mol. The molecule has 2 fully saturated rings. The molecule has 1 N–H and O–H groups in total. The Kier molecular flexibility index (Phi) is 4.08. The Labute approximate surface area is 119 Å². The molecule has 0 radical (unpaired) electrons. The zero-order chi connectivity index (χ0) is 13.9. The van der Waals surface area contributed by atoms with E-state index in [9.17, 15) is 4.79 Å². The maximum Gasteiger partial charge on any atom is 0.255 e. The van der Waals surface area contributed by atoms with Crippen LogP contribution in [0.5, 0.6) is 0 Å². The van der Waals surface area contributed by atoms with E-state index in [0.29, 0.717) is 19.7 Å². The molecular formula is C15H23N3O2. The van der Waals surface area contributed by atoms with Gasteiger partial charge in [-0.05, 0) is 31.9 Å². The van der Waals surface area contributed by atoms with E-state index in [-0.39, 0.29) is 12.0 Å². The second-order valence-electron chi connectivity index (χ2n) is 6.01. The van der Waals surface area contributed by atoms with Crippen LogP contribution in [0.25, 0.3) is 0 Å². The summed E-state index contributed by atoms with van der Waals surface area (Å²) in [7, 11) is 2.15. The molecule has 2 heterocycles. The van der Waals surface area contributed by atoms with Gasteiger partial charge in [0.05, 0.1) is 18.3 Å². The Morgan fingerprint density at radius 1 is 1.50 bits per heavy atom. The molecule has 0 bridgehead atoms. The minimum atomic E-state index is 0.101. The molecule has 3 rings (SSSR count). The van der Waals surface area contributed by atoms with Crippen LogP contribution in [-0.4, -0.2) is 66.6 Å². The van der Waals surface area contributed by atoms with Crippen LogP contribution in [0.3, 0.4) is 0 Å². The Morgan fingerprint density at radius 2 is 2.35 bits per heavy atom. The number of likely N-dealkylation sites (N-methyl/N-ethyl adjacent to an activating group) is 1. The third kappa shape index (κ3) is 3.41. The largest absolute Gasteiger partial charge is 0.373 e. The molecular weight excluding hydrogens is 254 g/mol. The molecule has 1 aromatic heterocycles. The van der Waals surface area contributed by atoms with Gasteiger partial charge in [0.25, 0.3) is 5.91 Å². The van der Waals surface area contributed by atoms with Crippen LogP contribution < -0.4 is 0 Å². The first-order valence-corrected chi connectivity index (χ1v) is 7.44. The Bertz CT molecular complexity index is 442. The molecule has 20 heavy (non-hydrogen) atoms. The fraction of sp³-hybridized carbons (Fsp3) is 0.667. The lowest BCUT2D eigenvalue weighted by Gasteiger charge is -2.34. The van der Waals surface area contributed by atoms with E-state index in [4.69, 9.17) is 4.74 Å². The number of morpholine rings is 1. The minimum absolute atomic E-state index is 0.101. The number of H-pyrrole nitrogens is 1. The standard InChI is InChI=1S/C15H23N3O2/c1-17(9-12-2-3-12)10-14-11-18(6-7-20-14)15(19)13-4-5-16-8-13/h4-5,8,12,14,16H,2-3,6-7,9-11H2,1H3/t14-/m1/s1. The van der Waals surface area contributed by atoms with Gasteiger partial charge in [-0.1, -0.05) is 0 Å². The zero-order valence-electron chi connectivity index (χ0n) is 12.0. The fourth-order valence-electron chi connectivity index (χ4n) is 2.82. The van der Waals surface area contributed by atoms with E-state index in [1.54, 1.807) is 12.4 Å². The molecule has 5 heteroatoms. The molecule has 2 aliphatic rings. The molecule has 1 saturated carbocycles. The molecule has 1 aliphatic heterocycles. The van der Waals surface area contributed by atoms with E-state index >= 15 is 0 Å². The van der Waals surface area contributed by atoms with Gasteiger partial charge >= 0.3 is 0 Å². The highest BCUT2D eigenvalue weighted by Crippen LogP contribution is 2.29. The number of ether oxygens (including phenoxy) is 1. The minimum Gasteiger partial charge on any atom is -0.373 e. The van der Waals surface area contributed by atoms with E-state index in [1.807, 2.05) is 11.0 Å². The lowest BCUT2D eigenvalue weighted by Crippen LogP contribution is -2.49. The van der Waals surface area contributed by atoms with Gasteiger partial charge in [0.15, 0.2) is 0 Å². The highest BCUT2D eigenvalue weighted by atomic mass is 16.5. The Hall–Kier alpha value is -1.33. The predicted octanol–water partition coefficient (Wildman–Crippen LogP) is 1.20. The molecule has 1 aromatic rings. The summed E-state index contributed by atoms with van der Waals surface area (Å²) >= 11 is 0. The van der Waals surface area contributed by atoms with Crippen molar-refractivity contribution in [3.63, 3.8) is 0 Å². The number of aromatic amines is 1. The molecule has 1 saturated heterocycles. The number of rotatable bonds is 5. The number of hydrogen-bond acceptors (Lipinski definition) is 3. The van der Waals surface area contributed by atoms with Crippen LogP contribution >= 0.6 is 0 Å². The molecule has 1 amide bonds. The lowest BCUT2D eigenvalue weighted by molar-refractivity contribution is -0.0333. The van der Waals surface area contributed by atoms with E-state index in [0.717, 1.165) is 24.6 Å². The van der Waals surface area contributed by atoms with Gasteiger partial charge in [-0.15, -0.1) is 0 Å². The first-order chi connectivity index (χ1) is 9.72. The van der Waals surface area contributed by atoms with Crippen molar-refractivity contribution in [2.24, 2.45) is 5.92 Å². The number of carbonyl (C=O) groups is 1. The Morgan fingerprint density at radius 3 is 3.05 bits per heavy atom. The molecule has 1 atom stereocenters. The monoisotopic (exact) mass is 277 g/mol. The summed E-state index contributed by atoms with van der Waals surface area (Å²) in [5, 5.41) is 0. The van der Waals surface area contributed by atoms with Gasteiger partial charge in [-0.25, -0.2) is 0 Å². The van der Waals surface area contributed by atoms with Crippen LogP contribution in [0.1, 0.15) is 23.2 Å². The van der Waals surface area contributed by atoms with Crippen molar-refractivity contribution in [1.82, 2.24) is 14.8 Å². The first-order valence-electron chi connectivity index (χ1n) is 7.44. The van der Waals surface area contributed by atoms with Gasteiger partial charge in [0.1, 0.15) is 0 Å². The zero-order valence-corrected chi connectivity index (χ0v) is 12.0. The summed E-state index contributed by atoms with van der Waals surface area (Å²) in [4.78, 5) is 19.5. The second kappa shape index (κ2) is 5.97. The number of nitrogens with one attached hydrogen (secondary N) is 1. The van der Waals surface area contributed by atoms with Crippen molar-refractivity contribution in [2.75, 3.05) is 39.8 Å². The summed E-state index contributed by atoms with van der Waals surface area (Å²) in [5.41, 5.74) is 0.733. The first kappa shape index (κ1) is 13.6. The summed E-state index contributed by atoms with van der Waals surface area (Å²) in [6.45, 7) is 4.09. The van der Waals surface area contributed by atoms with Gasteiger partial charge in [0, 0.05) is 38.6 Å². The van der Waals surface area contributed by atoms with Crippen molar-refractivity contribution >= 4 is 5.91 Å². The summed E-state index contributed by atoms with van der Waals surface area (Å²) in [5.74, 6) is 0.991. The fourth-order valence-corrected chi connectivity index (χ4v) is 2.82. The molecule has 0 spiro atoms. The highest BCUT2D eigenvalue weighted by molar-refractivity contribution is 5.94. The molecule has 0 aromatic carbocycles. The quantitative estimate of drug-likeness (QED) is 0.880. The van der Waals surface area contributed by atoms with Gasteiger partial charge in [0.2, 0.25) is 0 Å². The average Bonchev–Trinajstić information content (AvgIpc) is 3.08. The van der Waals surface area contributed by atoms with Crippen LogP contribution in [0.4, 0.5) is 0 Å². The summed E-state index contributed by atoms with van der Waals surface area (Å²) in [6.07, 6.45) is 6.41. The number of amides is 1. The van der Waals surface area contributed by atoms with Crippen molar-refractivity contribution in [1.29, 1.82) is 0 Å². The molecule has 1 aliphatic carbocycles. The highest BCUT2D eigenvalue weighted by Gasteiger charge is 2.28. The number of hydrogen-bond donors (Lipinski definition) is 1. The van der Waals surface area contributed by atoms with Gasteiger partial charge in [-0.3, -0.25) is 4.79 Å². The van der Waals surface area contributed by atoms with E-state index < -0.39 is 0 Å². The van der Waals surface area contributed by atoms with Crippen molar-refractivity contribution in [2.45, 2.75) is 18.9 Å². The number of carbonyl (C=O) groups excluding carboxylic acids is 1. The maximum atomic E-state index is 12.3. The van der Waals surface area contributed by atoms with Crippen LogP contribution in [0.2, 0.25) is 0 Å². The van der Waals surface area contributed by atoms with Crippen molar-refractivity contribution < 1.29 is 9.53 Å². The predicted molar refractivity (Wildman–Crippen MR) is 76.7 cm³/mol. The van der Waals surface area contributed by atoms with Gasteiger partial charge < -0.3 is 19.5 Å². The Balaban J connectivity index is 1.51. The number of nitrogens with zero attached hydrogens (tertiary/aromatic N) is 2. The van der Waals surface area contributed by atoms with E-state index in [2.05, 4.69) is 16.9 Å². The topological polar surface area (TPSA) is 48.6 Å². The van der Waals surface area contributed by atoms with Crippen LogP contribution in [0, 0.1) is 5.92 Å². The third-order valence-electron chi connectivity index (χ3n) is 4.05. The molecule has 5 nitrogen and oxygen atoms in total. The molecule has 0 unspecified atom stereocenters. The van der Waals surface area contributed by atoms with Gasteiger partial charge in [-0.2, -0.15) is 0 Å². The lowest BCUT2D eigenvalue weighted by atomic mass is 10.2. The maximum absolute atomic E-state index is 12.3. The third-order valence-corrected chi connectivity index (χ3v) is 4.05.